The number of aliphatic carboxylic acids is 1. The zero-order valence-corrected chi connectivity index (χ0v) is 8.73. The summed E-state index contributed by atoms with van der Waals surface area (Å²) in [6.07, 6.45) is 4.75. The van der Waals surface area contributed by atoms with Crippen molar-refractivity contribution >= 4 is 5.97 Å². The Labute approximate surface area is 88.4 Å². The molecule has 0 spiro atoms. The predicted octanol–water partition coefficient (Wildman–Crippen LogP) is 1.36. The van der Waals surface area contributed by atoms with Crippen molar-refractivity contribution in [3.05, 3.63) is 23.3 Å². The summed E-state index contributed by atoms with van der Waals surface area (Å²) in [5, 5.41) is 8.74. The van der Waals surface area contributed by atoms with Gasteiger partial charge in [0.1, 0.15) is 5.82 Å². The predicted molar refractivity (Wildman–Crippen MR) is 54.5 cm³/mol. The normalized spacial score (nSPS) is 19.7. The van der Waals surface area contributed by atoms with Crippen LogP contribution in [0.3, 0.4) is 0 Å². The third-order valence-corrected chi connectivity index (χ3v) is 2.84. The Morgan fingerprint density at radius 1 is 1.67 bits per heavy atom. The lowest BCUT2D eigenvalue weighted by atomic mass is 9.85. The molecule has 80 valence electrons. The summed E-state index contributed by atoms with van der Waals surface area (Å²) in [6.45, 7) is 1.86. The van der Waals surface area contributed by atoms with Crippen molar-refractivity contribution in [3.63, 3.8) is 0 Å². The lowest BCUT2D eigenvalue weighted by Crippen LogP contribution is -2.19. The van der Waals surface area contributed by atoms with E-state index in [9.17, 15) is 4.79 Å². The molecule has 0 saturated heterocycles. The number of hydrogen-bond donors (Lipinski definition) is 1. The highest BCUT2D eigenvalue weighted by Crippen LogP contribution is 2.25. The molecule has 4 heteroatoms. The van der Waals surface area contributed by atoms with Crippen LogP contribution in [-0.4, -0.2) is 21.0 Å². The molecule has 1 aliphatic carbocycles. The summed E-state index contributed by atoms with van der Waals surface area (Å²) in [4.78, 5) is 19.1. The lowest BCUT2D eigenvalue weighted by Gasteiger charge is -2.22. The molecule has 0 radical (unpaired) electrons. The van der Waals surface area contributed by atoms with Gasteiger partial charge >= 0.3 is 5.97 Å². The van der Waals surface area contributed by atoms with Crippen molar-refractivity contribution in [2.45, 2.75) is 32.6 Å². The highest BCUT2D eigenvalue weighted by atomic mass is 16.4. The maximum absolute atomic E-state index is 10.6. The Morgan fingerprint density at radius 2 is 2.47 bits per heavy atom. The second kappa shape index (κ2) is 3.96. The van der Waals surface area contributed by atoms with Crippen molar-refractivity contribution in [3.8, 4) is 0 Å². The van der Waals surface area contributed by atoms with Gasteiger partial charge < -0.3 is 5.11 Å². The smallest absolute Gasteiger partial charge is 0.303 e. The van der Waals surface area contributed by atoms with E-state index >= 15 is 0 Å². The molecule has 1 N–H and O–H groups in total. The van der Waals surface area contributed by atoms with Crippen LogP contribution in [-0.2, 0) is 17.6 Å². The number of rotatable bonds is 2. The van der Waals surface area contributed by atoms with E-state index in [1.54, 1.807) is 0 Å². The first-order valence-corrected chi connectivity index (χ1v) is 5.18. The summed E-state index contributed by atoms with van der Waals surface area (Å²) in [7, 11) is 0. The number of carboxylic acids is 1. The first-order valence-electron chi connectivity index (χ1n) is 5.18. The molecule has 0 saturated carbocycles. The highest BCUT2D eigenvalue weighted by Gasteiger charge is 2.22. The fourth-order valence-corrected chi connectivity index (χ4v) is 2.08. The third-order valence-electron chi connectivity index (χ3n) is 2.84. The van der Waals surface area contributed by atoms with Crippen LogP contribution in [0.2, 0.25) is 0 Å². The van der Waals surface area contributed by atoms with Gasteiger partial charge in [-0.15, -0.1) is 0 Å². The first kappa shape index (κ1) is 10.1. The van der Waals surface area contributed by atoms with Gasteiger partial charge in [0.2, 0.25) is 0 Å². The van der Waals surface area contributed by atoms with Crippen molar-refractivity contribution in [2.75, 3.05) is 0 Å². The second-order valence-corrected chi connectivity index (χ2v) is 4.10. The van der Waals surface area contributed by atoms with Crippen LogP contribution in [0.1, 0.15) is 29.9 Å². The van der Waals surface area contributed by atoms with Crippen LogP contribution in [0.4, 0.5) is 0 Å². The van der Waals surface area contributed by atoms with Crippen molar-refractivity contribution < 1.29 is 9.90 Å². The molecule has 0 bridgehead atoms. The molecular weight excluding hydrogens is 192 g/mol. The van der Waals surface area contributed by atoms with Crippen LogP contribution in [0, 0.1) is 12.8 Å². The molecule has 1 unspecified atom stereocenters. The van der Waals surface area contributed by atoms with Gasteiger partial charge in [0, 0.05) is 18.3 Å². The number of aryl methyl sites for hydroxylation is 2. The minimum Gasteiger partial charge on any atom is -0.481 e. The van der Waals surface area contributed by atoms with E-state index in [0.717, 1.165) is 30.8 Å². The molecule has 0 fully saturated rings. The van der Waals surface area contributed by atoms with Crippen LogP contribution in [0.15, 0.2) is 6.20 Å². The Hall–Kier alpha value is -1.45. The molecule has 0 amide bonds. The zero-order chi connectivity index (χ0) is 10.8. The minimum absolute atomic E-state index is 0.240. The minimum atomic E-state index is -0.714. The number of hydrogen-bond acceptors (Lipinski definition) is 3. The summed E-state index contributed by atoms with van der Waals surface area (Å²) in [5.74, 6) is 0.295. The Bertz CT molecular complexity index is 390. The Kier molecular flexibility index (Phi) is 2.66. The molecular formula is C11H14N2O2. The van der Waals surface area contributed by atoms with Crippen LogP contribution < -0.4 is 0 Å². The second-order valence-electron chi connectivity index (χ2n) is 4.10. The maximum Gasteiger partial charge on any atom is 0.303 e. The fourth-order valence-electron chi connectivity index (χ4n) is 2.08. The van der Waals surface area contributed by atoms with Gasteiger partial charge in [-0.1, -0.05) is 0 Å². The molecule has 1 atom stereocenters. The Morgan fingerprint density at radius 3 is 3.20 bits per heavy atom. The van der Waals surface area contributed by atoms with Gasteiger partial charge in [-0.2, -0.15) is 0 Å². The van der Waals surface area contributed by atoms with Crippen LogP contribution >= 0.6 is 0 Å². The maximum atomic E-state index is 10.6. The third kappa shape index (κ3) is 2.32. The molecule has 15 heavy (non-hydrogen) atoms. The summed E-state index contributed by atoms with van der Waals surface area (Å²) in [6, 6.07) is 0. The number of carbonyl (C=O) groups is 1. The monoisotopic (exact) mass is 206 g/mol. The van der Waals surface area contributed by atoms with Gasteiger partial charge in [0.25, 0.3) is 0 Å². The molecule has 0 aromatic carbocycles. The summed E-state index contributed by atoms with van der Waals surface area (Å²) < 4.78 is 0. The number of carboxylic acid groups (broad SMARTS) is 1. The first-order chi connectivity index (χ1) is 7.15. The van der Waals surface area contributed by atoms with Gasteiger partial charge in [-0.3, -0.25) is 4.79 Å². The Balaban J connectivity index is 2.14. The van der Waals surface area contributed by atoms with Crippen LogP contribution in [0.25, 0.3) is 0 Å². The van der Waals surface area contributed by atoms with Gasteiger partial charge in [-0.05, 0) is 37.7 Å². The average molecular weight is 206 g/mol. The molecule has 1 aromatic rings. The van der Waals surface area contributed by atoms with E-state index in [1.807, 2.05) is 13.1 Å². The van der Waals surface area contributed by atoms with E-state index < -0.39 is 5.97 Å². The molecule has 1 heterocycles. The van der Waals surface area contributed by atoms with E-state index in [2.05, 4.69) is 9.97 Å². The molecule has 0 aliphatic heterocycles. The molecule has 2 rings (SSSR count). The zero-order valence-electron chi connectivity index (χ0n) is 8.73. The largest absolute Gasteiger partial charge is 0.481 e. The summed E-state index contributed by atoms with van der Waals surface area (Å²) >= 11 is 0. The van der Waals surface area contributed by atoms with E-state index in [0.29, 0.717) is 0 Å². The summed E-state index contributed by atoms with van der Waals surface area (Å²) in [5.41, 5.74) is 2.22. The molecule has 1 aromatic heterocycles. The van der Waals surface area contributed by atoms with Gasteiger partial charge in [-0.25, -0.2) is 9.97 Å². The van der Waals surface area contributed by atoms with Gasteiger partial charge in [0.15, 0.2) is 0 Å². The van der Waals surface area contributed by atoms with Crippen LogP contribution in [0.5, 0.6) is 0 Å². The van der Waals surface area contributed by atoms with Crippen molar-refractivity contribution in [1.82, 2.24) is 9.97 Å². The quantitative estimate of drug-likeness (QED) is 0.793. The van der Waals surface area contributed by atoms with Crippen molar-refractivity contribution in [1.29, 1.82) is 0 Å². The van der Waals surface area contributed by atoms with Crippen molar-refractivity contribution in [2.24, 2.45) is 5.92 Å². The van der Waals surface area contributed by atoms with E-state index in [-0.39, 0.29) is 12.3 Å². The fraction of sp³-hybridized carbons (Fsp3) is 0.545. The number of fused-ring (bicyclic) bond motifs is 1. The number of aromatic nitrogens is 2. The molecule has 1 aliphatic rings. The highest BCUT2D eigenvalue weighted by molar-refractivity contribution is 5.67. The topological polar surface area (TPSA) is 63.1 Å². The van der Waals surface area contributed by atoms with E-state index in [1.165, 1.54) is 5.56 Å². The lowest BCUT2D eigenvalue weighted by molar-refractivity contribution is -0.138. The average Bonchev–Trinajstić information content (AvgIpc) is 2.16. The molecule has 4 nitrogen and oxygen atoms in total. The van der Waals surface area contributed by atoms with Gasteiger partial charge in [0.05, 0.1) is 0 Å². The van der Waals surface area contributed by atoms with E-state index in [4.69, 9.17) is 5.11 Å². The standard InChI is InChI=1S/C11H14N2O2/c1-7-12-6-9-3-2-8(5-11(14)15)4-10(9)13-7/h6,8H,2-5H2,1H3,(H,14,15). The SMILES string of the molecule is Cc1ncc2c(n1)CC(CC(=O)O)CC2. The number of nitrogens with zero attached hydrogens (tertiary/aromatic N) is 2.